The Hall–Kier alpha value is -2.74. The van der Waals surface area contributed by atoms with E-state index in [9.17, 15) is 4.79 Å². The second-order valence-electron chi connectivity index (χ2n) is 5.94. The highest BCUT2D eigenvalue weighted by atomic mass is 35.5. The Labute approximate surface area is 188 Å². The summed E-state index contributed by atoms with van der Waals surface area (Å²) in [6, 6.07) is 8.74. The zero-order valence-corrected chi connectivity index (χ0v) is 18.7. The molecule has 6 nitrogen and oxygen atoms in total. The molecule has 0 saturated carbocycles. The molecule has 0 atom stereocenters. The third-order valence-electron chi connectivity index (χ3n) is 4.07. The van der Waals surface area contributed by atoms with Crippen molar-refractivity contribution in [2.45, 2.75) is 0 Å². The maximum absolute atomic E-state index is 12.3. The number of hydrogen-bond donors (Lipinski definition) is 1. The van der Waals surface area contributed by atoms with Crippen LogP contribution < -0.4 is 19.5 Å². The minimum Gasteiger partial charge on any atom is -0.495 e. The predicted octanol–water partition coefficient (Wildman–Crippen LogP) is 5.79. The van der Waals surface area contributed by atoms with E-state index in [0.29, 0.717) is 43.7 Å². The number of benzene rings is 2. The first-order chi connectivity index (χ1) is 14.4. The van der Waals surface area contributed by atoms with E-state index in [-0.39, 0.29) is 5.91 Å². The van der Waals surface area contributed by atoms with E-state index in [1.807, 2.05) is 17.5 Å². The van der Waals surface area contributed by atoms with Gasteiger partial charge in [0, 0.05) is 27.6 Å². The van der Waals surface area contributed by atoms with Crippen molar-refractivity contribution in [2.75, 3.05) is 26.6 Å². The Balaban J connectivity index is 1.74. The summed E-state index contributed by atoms with van der Waals surface area (Å²) in [4.78, 5) is 16.8. The van der Waals surface area contributed by atoms with Crippen LogP contribution in [0.4, 0.5) is 5.13 Å². The number of amides is 1. The molecular weight excluding hydrogens is 447 g/mol. The van der Waals surface area contributed by atoms with Crippen molar-refractivity contribution in [1.29, 1.82) is 0 Å². The molecule has 3 rings (SSSR count). The summed E-state index contributed by atoms with van der Waals surface area (Å²) in [6.07, 6.45) is 2.94. The van der Waals surface area contributed by atoms with Crippen molar-refractivity contribution >= 4 is 51.7 Å². The van der Waals surface area contributed by atoms with Crippen molar-refractivity contribution in [3.63, 3.8) is 0 Å². The molecule has 1 heterocycles. The SMILES string of the molecule is COc1ccc(-c2csc(NC(=O)C=Cc3cc(Cl)cc(Cl)c3OC)n2)cc1OC. The molecule has 0 aliphatic rings. The molecule has 0 unspecified atom stereocenters. The van der Waals surface area contributed by atoms with Crippen molar-refractivity contribution in [3.05, 3.63) is 57.4 Å². The van der Waals surface area contributed by atoms with Crippen LogP contribution in [0, 0.1) is 0 Å². The van der Waals surface area contributed by atoms with Gasteiger partial charge < -0.3 is 14.2 Å². The number of carbonyl (C=O) groups excluding carboxylic acids is 1. The van der Waals surface area contributed by atoms with Gasteiger partial charge in [0.05, 0.1) is 32.0 Å². The Bertz CT molecular complexity index is 1100. The number of anilines is 1. The van der Waals surface area contributed by atoms with Crippen LogP contribution in [0.5, 0.6) is 17.2 Å². The molecule has 1 aromatic heterocycles. The van der Waals surface area contributed by atoms with Crippen LogP contribution >= 0.6 is 34.5 Å². The first-order valence-electron chi connectivity index (χ1n) is 8.65. The highest BCUT2D eigenvalue weighted by Gasteiger charge is 2.11. The van der Waals surface area contributed by atoms with E-state index >= 15 is 0 Å². The summed E-state index contributed by atoms with van der Waals surface area (Å²) >= 11 is 13.5. The molecule has 30 heavy (non-hydrogen) atoms. The van der Waals surface area contributed by atoms with Crippen LogP contribution in [0.2, 0.25) is 10.0 Å². The van der Waals surface area contributed by atoms with E-state index in [1.165, 1.54) is 24.5 Å². The number of ether oxygens (including phenoxy) is 3. The molecule has 156 valence electrons. The number of methoxy groups -OCH3 is 3. The van der Waals surface area contributed by atoms with Gasteiger partial charge in [-0.15, -0.1) is 11.3 Å². The number of halogens is 2. The molecule has 0 spiro atoms. The zero-order chi connectivity index (χ0) is 21.7. The monoisotopic (exact) mass is 464 g/mol. The minimum absolute atomic E-state index is 0.346. The van der Waals surface area contributed by atoms with Crippen LogP contribution in [0.15, 0.2) is 41.8 Å². The summed E-state index contributed by atoms with van der Waals surface area (Å²) < 4.78 is 15.8. The van der Waals surface area contributed by atoms with Gasteiger partial charge >= 0.3 is 0 Å². The van der Waals surface area contributed by atoms with Crippen molar-refractivity contribution in [2.24, 2.45) is 0 Å². The molecular formula is C21H18Cl2N2O4S. The lowest BCUT2D eigenvalue weighted by molar-refractivity contribution is -0.111. The van der Waals surface area contributed by atoms with Gasteiger partial charge in [0.1, 0.15) is 5.75 Å². The Kier molecular flexibility index (Phi) is 7.20. The van der Waals surface area contributed by atoms with Crippen LogP contribution in [0.25, 0.3) is 17.3 Å². The number of aromatic nitrogens is 1. The van der Waals surface area contributed by atoms with E-state index in [4.69, 9.17) is 37.4 Å². The fraction of sp³-hybridized carbons (Fsp3) is 0.143. The summed E-state index contributed by atoms with van der Waals surface area (Å²) in [6.45, 7) is 0. The lowest BCUT2D eigenvalue weighted by Gasteiger charge is -2.08. The lowest BCUT2D eigenvalue weighted by Crippen LogP contribution is -2.07. The average Bonchev–Trinajstić information content (AvgIpc) is 3.19. The summed E-state index contributed by atoms with van der Waals surface area (Å²) in [5.41, 5.74) is 2.15. The van der Waals surface area contributed by atoms with Gasteiger partial charge in [0.2, 0.25) is 5.91 Å². The topological polar surface area (TPSA) is 69.7 Å². The second-order valence-corrected chi connectivity index (χ2v) is 7.64. The normalized spacial score (nSPS) is 10.8. The Morgan fingerprint density at radius 2 is 1.83 bits per heavy atom. The van der Waals surface area contributed by atoms with Crippen molar-refractivity contribution < 1.29 is 19.0 Å². The van der Waals surface area contributed by atoms with E-state index in [2.05, 4.69) is 10.3 Å². The number of nitrogens with zero attached hydrogens (tertiary/aromatic N) is 1. The first kappa shape index (κ1) is 22.0. The summed E-state index contributed by atoms with van der Waals surface area (Å²) in [5, 5.41) is 5.86. The average molecular weight is 465 g/mol. The number of thiazole rings is 1. The predicted molar refractivity (Wildman–Crippen MR) is 121 cm³/mol. The highest BCUT2D eigenvalue weighted by molar-refractivity contribution is 7.14. The first-order valence-corrected chi connectivity index (χ1v) is 10.3. The van der Waals surface area contributed by atoms with E-state index in [1.54, 1.807) is 38.5 Å². The van der Waals surface area contributed by atoms with Crippen molar-refractivity contribution in [3.8, 4) is 28.5 Å². The largest absolute Gasteiger partial charge is 0.495 e. The molecule has 1 N–H and O–H groups in total. The third-order valence-corrected chi connectivity index (χ3v) is 5.33. The maximum Gasteiger partial charge on any atom is 0.250 e. The molecule has 0 fully saturated rings. The number of carbonyl (C=O) groups is 1. The molecule has 0 aliphatic carbocycles. The molecule has 0 saturated heterocycles. The van der Waals surface area contributed by atoms with Gasteiger partial charge in [-0.25, -0.2) is 4.98 Å². The molecule has 0 bridgehead atoms. The number of nitrogens with one attached hydrogen (secondary N) is 1. The van der Waals surface area contributed by atoms with Gasteiger partial charge in [-0.05, 0) is 36.4 Å². The zero-order valence-electron chi connectivity index (χ0n) is 16.4. The van der Waals surface area contributed by atoms with Gasteiger partial charge in [0.15, 0.2) is 16.6 Å². The van der Waals surface area contributed by atoms with Crippen LogP contribution in [-0.2, 0) is 4.79 Å². The van der Waals surface area contributed by atoms with Crippen LogP contribution in [0.3, 0.4) is 0 Å². The lowest BCUT2D eigenvalue weighted by atomic mass is 10.1. The van der Waals surface area contributed by atoms with Gasteiger partial charge in [-0.1, -0.05) is 23.2 Å². The summed E-state index contributed by atoms with van der Waals surface area (Å²) in [5.74, 6) is 1.33. The smallest absolute Gasteiger partial charge is 0.250 e. The second kappa shape index (κ2) is 9.84. The fourth-order valence-electron chi connectivity index (χ4n) is 2.69. The highest BCUT2D eigenvalue weighted by Crippen LogP contribution is 2.34. The minimum atomic E-state index is -0.346. The molecule has 3 aromatic rings. The molecule has 9 heteroatoms. The molecule has 2 aromatic carbocycles. The van der Waals surface area contributed by atoms with E-state index in [0.717, 1.165) is 5.56 Å². The molecule has 1 amide bonds. The van der Waals surface area contributed by atoms with Gasteiger partial charge in [-0.3, -0.25) is 10.1 Å². The third kappa shape index (κ3) is 5.05. The van der Waals surface area contributed by atoms with Crippen molar-refractivity contribution in [1.82, 2.24) is 4.98 Å². The Morgan fingerprint density at radius 3 is 2.53 bits per heavy atom. The fourth-order valence-corrected chi connectivity index (χ4v) is 4.00. The van der Waals surface area contributed by atoms with Gasteiger partial charge in [0.25, 0.3) is 0 Å². The molecule has 0 radical (unpaired) electrons. The summed E-state index contributed by atoms with van der Waals surface area (Å²) in [7, 11) is 4.65. The van der Waals surface area contributed by atoms with Crippen LogP contribution in [-0.4, -0.2) is 32.2 Å². The number of rotatable bonds is 7. The standard InChI is InChI=1S/C21H18Cl2N2O4S/c1-27-17-6-4-12(9-18(17)28-2)16-11-30-21(24-16)25-19(26)7-5-13-8-14(22)10-15(23)20(13)29-3/h4-11H,1-3H3,(H,24,25,26). The maximum atomic E-state index is 12.3. The van der Waals surface area contributed by atoms with Gasteiger partial charge in [-0.2, -0.15) is 0 Å². The molecule has 0 aliphatic heterocycles. The number of hydrogen-bond acceptors (Lipinski definition) is 6. The quantitative estimate of drug-likeness (QED) is 0.447. The Morgan fingerprint density at radius 1 is 1.07 bits per heavy atom. The van der Waals surface area contributed by atoms with Crippen LogP contribution in [0.1, 0.15) is 5.56 Å². The van der Waals surface area contributed by atoms with E-state index < -0.39 is 0 Å².